The fraction of sp³-hybridized carbons (Fsp3) is 1.00. The summed E-state index contributed by atoms with van der Waals surface area (Å²) in [6, 6.07) is 0. The van der Waals surface area contributed by atoms with Crippen LogP contribution >= 0.6 is 29.4 Å². The van der Waals surface area contributed by atoms with E-state index in [-0.39, 0.29) is 0 Å². The van der Waals surface area contributed by atoms with Crippen molar-refractivity contribution in [2.75, 3.05) is 26.6 Å². The van der Waals surface area contributed by atoms with Crippen LogP contribution in [0.2, 0.25) is 0 Å². The molecule has 0 aromatic heterocycles. The van der Waals surface area contributed by atoms with Gasteiger partial charge in [-0.05, 0) is 12.8 Å². The smallest absolute Gasteiger partial charge is 0.290 e. The van der Waals surface area contributed by atoms with Gasteiger partial charge in [-0.15, -0.1) is 0 Å². The predicted octanol–water partition coefficient (Wildman–Crippen LogP) is 4.75. The van der Waals surface area contributed by atoms with Crippen LogP contribution < -0.4 is 0 Å². The zero-order valence-electron chi connectivity index (χ0n) is 11.9. The molecule has 0 aliphatic carbocycles. The minimum Gasteiger partial charge on any atom is -0.290 e. The summed E-state index contributed by atoms with van der Waals surface area (Å²) in [6.45, 7) is 7.05. The fourth-order valence-electron chi connectivity index (χ4n) is 1.01. The van der Waals surface area contributed by atoms with Crippen LogP contribution in [0.15, 0.2) is 0 Å². The van der Waals surface area contributed by atoms with Crippen molar-refractivity contribution in [3.63, 3.8) is 0 Å². The Morgan fingerprint density at radius 2 is 1.67 bits per heavy atom. The molecule has 0 aromatic rings. The maximum absolute atomic E-state index is 11.5. The van der Waals surface area contributed by atoms with Gasteiger partial charge in [0.05, 0.1) is 6.61 Å². The lowest BCUT2D eigenvalue weighted by molar-refractivity contribution is 0.150. The largest absolute Gasteiger partial charge is 0.474 e. The Bertz CT molecular complexity index is 248. The van der Waals surface area contributed by atoms with Crippen LogP contribution in [0.3, 0.4) is 0 Å². The van der Waals surface area contributed by atoms with Gasteiger partial charge in [-0.3, -0.25) is 13.6 Å². The van der Waals surface area contributed by atoms with E-state index in [1.54, 1.807) is 0 Å². The number of phosphoric acid groups is 1. The Morgan fingerprint density at radius 1 is 1.06 bits per heavy atom. The van der Waals surface area contributed by atoms with Gasteiger partial charge in [0.25, 0.3) is 0 Å². The fourth-order valence-corrected chi connectivity index (χ4v) is 4.15. The molecule has 0 rings (SSSR count). The minimum atomic E-state index is -3.27. The van der Waals surface area contributed by atoms with E-state index in [1.165, 1.54) is 14.2 Å². The van der Waals surface area contributed by atoms with E-state index >= 15 is 0 Å². The molecule has 4 nitrogen and oxygen atoms in total. The summed E-state index contributed by atoms with van der Waals surface area (Å²) in [6.07, 6.45) is 3.07. The van der Waals surface area contributed by atoms with Gasteiger partial charge in [0, 0.05) is 24.7 Å². The molecule has 0 spiro atoms. The van der Waals surface area contributed by atoms with Gasteiger partial charge in [-0.1, -0.05) is 48.8 Å². The molecule has 0 fully saturated rings. The van der Waals surface area contributed by atoms with Crippen LogP contribution in [-0.2, 0) is 18.1 Å². The van der Waals surface area contributed by atoms with Crippen molar-refractivity contribution in [1.82, 2.24) is 0 Å². The third-order valence-corrected chi connectivity index (χ3v) is 6.70. The van der Waals surface area contributed by atoms with Crippen molar-refractivity contribution in [3.05, 3.63) is 0 Å². The molecule has 0 amide bonds. The van der Waals surface area contributed by atoms with Gasteiger partial charge in [0.15, 0.2) is 0 Å². The molecule has 0 aromatic carbocycles. The van der Waals surface area contributed by atoms with Crippen molar-refractivity contribution in [3.8, 4) is 0 Å². The molecule has 0 heterocycles. The highest BCUT2D eigenvalue weighted by Crippen LogP contribution is 2.47. The normalized spacial score (nSPS) is 12.9. The summed E-state index contributed by atoms with van der Waals surface area (Å²) in [5.41, 5.74) is 0. The van der Waals surface area contributed by atoms with E-state index in [2.05, 4.69) is 29.8 Å². The topological polar surface area (TPSA) is 44.8 Å². The molecule has 7 heteroatoms. The predicted molar refractivity (Wildman–Crippen MR) is 81.2 cm³/mol. The first-order valence-corrected chi connectivity index (χ1v) is 9.77. The Balaban J connectivity index is 3.39. The highest BCUT2D eigenvalue weighted by atomic mass is 33.1. The first-order chi connectivity index (χ1) is 8.33. The third-order valence-electron chi connectivity index (χ3n) is 1.88. The number of hydrogen-bond donors (Lipinski definition) is 0. The second-order valence-electron chi connectivity index (χ2n) is 4.72. The summed E-state index contributed by atoms with van der Waals surface area (Å²) in [4.78, 5) is 0. The Hall–Kier alpha value is 0.810. The quantitative estimate of drug-likeness (QED) is 0.329. The monoisotopic (exact) mass is 316 g/mol. The first kappa shape index (κ1) is 18.8. The van der Waals surface area contributed by atoms with Crippen molar-refractivity contribution < 1.29 is 18.1 Å². The minimum absolute atomic E-state index is 0.317. The highest BCUT2D eigenvalue weighted by Gasteiger charge is 2.21. The summed E-state index contributed by atoms with van der Waals surface area (Å²) >= 11 is 0. The van der Waals surface area contributed by atoms with E-state index in [9.17, 15) is 4.57 Å². The maximum Gasteiger partial charge on any atom is 0.474 e. The van der Waals surface area contributed by atoms with Crippen LogP contribution in [0.5, 0.6) is 0 Å². The Morgan fingerprint density at radius 3 is 2.17 bits per heavy atom. The molecule has 0 unspecified atom stereocenters. The van der Waals surface area contributed by atoms with Crippen LogP contribution in [0, 0.1) is 0 Å². The van der Waals surface area contributed by atoms with Gasteiger partial charge in [0.1, 0.15) is 0 Å². The summed E-state index contributed by atoms with van der Waals surface area (Å²) < 4.78 is 26.3. The van der Waals surface area contributed by atoms with Crippen molar-refractivity contribution >= 4 is 29.4 Å². The zero-order valence-corrected chi connectivity index (χ0v) is 14.5. The van der Waals surface area contributed by atoms with E-state index in [1.807, 2.05) is 21.6 Å². The lowest BCUT2D eigenvalue weighted by atomic mass is 10.3. The van der Waals surface area contributed by atoms with Gasteiger partial charge >= 0.3 is 7.82 Å². The van der Waals surface area contributed by atoms with E-state index in [0.29, 0.717) is 11.4 Å². The van der Waals surface area contributed by atoms with Crippen LogP contribution in [0.25, 0.3) is 0 Å². The lowest BCUT2D eigenvalue weighted by Gasteiger charge is -2.16. The molecular weight excluding hydrogens is 291 g/mol. The number of hydrogen-bond acceptors (Lipinski definition) is 6. The average molecular weight is 316 g/mol. The lowest BCUT2D eigenvalue weighted by Crippen LogP contribution is -2.04. The second kappa shape index (κ2) is 9.67. The van der Waals surface area contributed by atoms with E-state index in [4.69, 9.17) is 4.52 Å². The maximum atomic E-state index is 11.5. The number of phosphoric ester groups is 1. The van der Waals surface area contributed by atoms with Gasteiger partial charge < -0.3 is 0 Å². The van der Waals surface area contributed by atoms with Crippen molar-refractivity contribution in [1.29, 1.82) is 0 Å². The first-order valence-electron chi connectivity index (χ1n) is 5.99. The van der Waals surface area contributed by atoms with Crippen LogP contribution in [-0.4, -0.2) is 31.3 Å². The Kier molecular flexibility index (Phi) is 10.1. The molecule has 0 aliphatic rings. The van der Waals surface area contributed by atoms with Crippen LogP contribution in [0.1, 0.15) is 40.0 Å². The molecule has 0 saturated carbocycles. The van der Waals surface area contributed by atoms with Gasteiger partial charge in [-0.2, -0.15) is 0 Å². The van der Waals surface area contributed by atoms with Crippen molar-refractivity contribution in [2.45, 2.75) is 44.8 Å². The second-order valence-corrected chi connectivity index (χ2v) is 9.85. The Labute approximate surface area is 119 Å². The summed E-state index contributed by atoms with van der Waals surface area (Å²) in [5.74, 6) is 1.13. The van der Waals surface area contributed by atoms with Crippen LogP contribution in [0.4, 0.5) is 0 Å². The molecule has 18 heavy (non-hydrogen) atoms. The summed E-state index contributed by atoms with van der Waals surface area (Å²) in [5, 5.41) is 0. The van der Waals surface area contributed by atoms with Gasteiger partial charge in [-0.25, -0.2) is 4.57 Å². The molecule has 0 bridgehead atoms. The molecule has 110 valence electrons. The highest BCUT2D eigenvalue weighted by molar-refractivity contribution is 8.77. The SMILES string of the molecule is COP(=O)(OC)OCCCCCSSC(C)(C)C. The molecule has 0 atom stereocenters. The van der Waals surface area contributed by atoms with E-state index in [0.717, 1.165) is 25.0 Å². The number of unbranched alkanes of at least 4 members (excludes halogenated alkanes) is 2. The van der Waals surface area contributed by atoms with Crippen molar-refractivity contribution in [2.24, 2.45) is 0 Å². The third kappa shape index (κ3) is 10.7. The standard InChI is InChI=1S/C11H25O4PS2/c1-11(2,3)18-17-10-8-6-7-9-15-16(12,13-4)14-5/h6-10H2,1-5H3. The zero-order chi connectivity index (χ0) is 14.1. The van der Waals surface area contributed by atoms with E-state index < -0.39 is 7.82 Å². The summed E-state index contributed by atoms with van der Waals surface area (Å²) in [7, 11) is 3.19. The number of rotatable bonds is 10. The average Bonchev–Trinajstić information content (AvgIpc) is 2.31. The molecule has 0 N–H and O–H groups in total. The molecule has 0 aliphatic heterocycles. The molecule has 0 saturated heterocycles. The molecular formula is C11H25O4PS2. The van der Waals surface area contributed by atoms with Gasteiger partial charge in [0.2, 0.25) is 0 Å². The molecule has 0 radical (unpaired) electrons.